The number of nitrogens with one attached hydrogen (secondary N) is 3. The van der Waals surface area contributed by atoms with Gasteiger partial charge in [0.25, 0.3) is 10.9 Å². The summed E-state index contributed by atoms with van der Waals surface area (Å²) in [6, 6.07) is 9.65. The Hall–Kier alpha value is -3.71. The molecule has 0 saturated carbocycles. The number of nitrogen functional groups attached to an aromatic ring is 1. The van der Waals surface area contributed by atoms with Crippen molar-refractivity contribution in [1.82, 2.24) is 9.29 Å². The van der Waals surface area contributed by atoms with Gasteiger partial charge in [0.2, 0.25) is 0 Å². The zero-order valence-corrected chi connectivity index (χ0v) is 23.5. The van der Waals surface area contributed by atoms with Crippen molar-refractivity contribution in [2.45, 2.75) is 52.9 Å². The third-order valence-corrected chi connectivity index (χ3v) is 6.91. The molecule has 0 aliphatic carbocycles. The third-order valence-electron chi connectivity index (χ3n) is 6.07. The number of hydrogen-bond acceptors (Lipinski definition) is 8. The highest BCUT2D eigenvalue weighted by molar-refractivity contribution is 8.12. The van der Waals surface area contributed by atoms with Crippen LogP contribution in [0.1, 0.15) is 50.1 Å². The molecular weight excluding hydrogens is 547 g/mol. The van der Waals surface area contributed by atoms with Crippen LogP contribution in [0.15, 0.2) is 53.1 Å². The Balaban J connectivity index is 1.80. The van der Waals surface area contributed by atoms with Crippen LogP contribution in [0.25, 0.3) is 0 Å². The quantitative estimate of drug-likeness (QED) is 0.151. The van der Waals surface area contributed by atoms with Crippen molar-refractivity contribution in [3.8, 4) is 0 Å². The highest BCUT2D eigenvalue weighted by Gasteiger charge is 2.36. The molecular formula is C27H32F3N5O4S. The molecule has 0 fully saturated rings. The van der Waals surface area contributed by atoms with E-state index in [0.717, 1.165) is 17.8 Å². The van der Waals surface area contributed by atoms with Crippen molar-refractivity contribution in [3.63, 3.8) is 0 Å². The van der Waals surface area contributed by atoms with Crippen molar-refractivity contribution < 1.29 is 31.9 Å². The molecule has 5 N–H and O–H groups in total. The SMILES string of the molecule is Cc1coc(=N)n1Cc1cccc(NC(=O)SNC(C)(COC(=O)C(C)(C)C)c2cccc(C(F)(F)F)c2)c1N. The van der Waals surface area contributed by atoms with Gasteiger partial charge in [-0.05, 0) is 63.9 Å². The van der Waals surface area contributed by atoms with Crippen LogP contribution in [-0.4, -0.2) is 22.4 Å². The van der Waals surface area contributed by atoms with Gasteiger partial charge in [-0.1, -0.05) is 24.3 Å². The predicted octanol–water partition coefficient (Wildman–Crippen LogP) is 5.79. The third kappa shape index (κ3) is 7.48. The van der Waals surface area contributed by atoms with Crippen LogP contribution in [0.2, 0.25) is 0 Å². The molecule has 1 atom stereocenters. The van der Waals surface area contributed by atoms with Crippen LogP contribution in [-0.2, 0) is 27.8 Å². The van der Waals surface area contributed by atoms with E-state index in [9.17, 15) is 22.8 Å². The zero-order chi connectivity index (χ0) is 29.9. The smallest absolute Gasteiger partial charge is 0.416 e. The molecule has 0 bridgehead atoms. The number of hydrogen-bond donors (Lipinski definition) is 4. The lowest BCUT2D eigenvalue weighted by molar-refractivity contribution is -0.155. The first-order valence-electron chi connectivity index (χ1n) is 12.2. The van der Waals surface area contributed by atoms with Gasteiger partial charge in [0.1, 0.15) is 12.9 Å². The van der Waals surface area contributed by atoms with Crippen LogP contribution < -0.4 is 21.5 Å². The summed E-state index contributed by atoms with van der Waals surface area (Å²) in [4.78, 5) is 25.3. The number of ether oxygens (including phenoxy) is 1. The van der Waals surface area contributed by atoms with Gasteiger partial charge in [0, 0.05) is 11.9 Å². The number of oxazole rings is 1. The molecule has 40 heavy (non-hydrogen) atoms. The van der Waals surface area contributed by atoms with Gasteiger partial charge in [-0.15, -0.1) is 0 Å². The maximum atomic E-state index is 13.4. The number of nitrogens with zero attached hydrogens (tertiary/aromatic N) is 1. The average molecular weight is 580 g/mol. The molecule has 0 aliphatic rings. The first-order valence-corrected chi connectivity index (χ1v) is 13.0. The standard InChI is InChI=1S/C27H32F3N5O4S/c1-16-14-38-23(32)35(16)13-17-8-6-11-20(21(17)31)33-24(37)40-34-26(5,15-39-22(36)25(2,3)4)18-9-7-10-19(12-18)27(28,29)30/h6-12,14,32,34H,13,15,31H2,1-5H3,(H,33,37). The summed E-state index contributed by atoms with van der Waals surface area (Å²) in [6.07, 6.45) is -3.13. The van der Waals surface area contributed by atoms with Crippen molar-refractivity contribution in [2.75, 3.05) is 17.7 Å². The number of rotatable bonds is 8. The topological polar surface area (TPSA) is 135 Å². The number of esters is 1. The van der Waals surface area contributed by atoms with Gasteiger partial charge >= 0.3 is 12.1 Å². The molecule has 216 valence electrons. The Labute approximate surface area is 233 Å². The van der Waals surface area contributed by atoms with Gasteiger partial charge in [-0.25, -0.2) is 4.72 Å². The number of aromatic nitrogens is 1. The van der Waals surface area contributed by atoms with Crippen LogP contribution in [0.5, 0.6) is 0 Å². The van der Waals surface area contributed by atoms with Crippen LogP contribution in [0, 0.1) is 17.7 Å². The zero-order valence-electron chi connectivity index (χ0n) is 22.7. The number of alkyl halides is 3. The monoisotopic (exact) mass is 579 g/mol. The summed E-state index contributed by atoms with van der Waals surface area (Å²) < 4.78 is 55.3. The summed E-state index contributed by atoms with van der Waals surface area (Å²) in [5, 5.41) is 9.96. The minimum atomic E-state index is -4.58. The number of carbonyl (C=O) groups is 2. The lowest BCUT2D eigenvalue weighted by Gasteiger charge is -2.31. The van der Waals surface area contributed by atoms with E-state index in [2.05, 4.69) is 10.0 Å². The van der Waals surface area contributed by atoms with E-state index in [4.69, 9.17) is 20.3 Å². The summed E-state index contributed by atoms with van der Waals surface area (Å²) in [7, 11) is 0. The van der Waals surface area contributed by atoms with E-state index in [1.807, 2.05) is 0 Å². The Bertz CT molecular complexity index is 1440. The molecule has 1 heterocycles. The van der Waals surface area contributed by atoms with E-state index in [1.165, 1.54) is 25.3 Å². The first kappa shape index (κ1) is 30.8. The van der Waals surface area contributed by atoms with Crippen molar-refractivity contribution in [1.29, 1.82) is 5.41 Å². The van der Waals surface area contributed by atoms with Crippen molar-refractivity contribution in [2.24, 2.45) is 5.41 Å². The van der Waals surface area contributed by atoms with E-state index in [1.54, 1.807) is 50.5 Å². The number of nitrogens with two attached hydrogens (primary N) is 1. The predicted molar refractivity (Wildman–Crippen MR) is 146 cm³/mol. The molecule has 0 spiro atoms. The molecule has 3 aromatic rings. The molecule has 13 heteroatoms. The molecule has 2 aromatic carbocycles. The highest BCUT2D eigenvalue weighted by atomic mass is 32.2. The van der Waals surface area contributed by atoms with Gasteiger partial charge in [-0.3, -0.25) is 19.6 Å². The Morgan fingerprint density at radius 1 is 1.10 bits per heavy atom. The molecule has 1 aromatic heterocycles. The van der Waals surface area contributed by atoms with Crippen LogP contribution in [0.4, 0.5) is 29.3 Å². The number of benzene rings is 2. The fourth-order valence-corrected chi connectivity index (χ4v) is 4.24. The maximum absolute atomic E-state index is 13.4. The van der Waals surface area contributed by atoms with E-state index < -0.39 is 33.9 Å². The summed E-state index contributed by atoms with van der Waals surface area (Å²) in [5.41, 5.74) is 5.29. The number of para-hydroxylation sites is 1. The summed E-state index contributed by atoms with van der Waals surface area (Å²) in [5.74, 6) is -0.548. The van der Waals surface area contributed by atoms with E-state index >= 15 is 0 Å². The molecule has 0 aliphatic heterocycles. The average Bonchev–Trinajstić information content (AvgIpc) is 3.19. The maximum Gasteiger partial charge on any atom is 0.416 e. The minimum absolute atomic E-state index is 0.0490. The van der Waals surface area contributed by atoms with Gasteiger partial charge < -0.3 is 20.2 Å². The highest BCUT2D eigenvalue weighted by Crippen LogP contribution is 2.34. The molecule has 0 radical (unpaired) electrons. The largest absolute Gasteiger partial charge is 0.463 e. The number of aryl methyl sites for hydroxylation is 1. The molecule has 9 nitrogen and oxygen atoms in total. The van der Waals surface area contributed by atoms with Crippen LogP contribution in [0.3, 0.4) is 0 Å². The number of halogens is 3. The first-order chi connectivity index (χ1) is 18.5. The lowest BCUT2D eigenvalue weighted by atomic mass is 9.92. The lowest BCUT2D eigenvalue weighted by Crippen LogP contribution is -2.43. The molecule has 1 amide bonds. The Kier molecular flexibility index (Phi) is 9.10. The van der Waals surface area contributed by atoms with E-state index in [-0.39, 0.29) is 30.1 Å². The second kappa shape index (κ2) is 11.8. The number of carbonyl (C=O) groups excluding carboxylic acids is 2. The summed E-state index contributed by atoms with van der Waals surface area (Å²) in [6.45, 7) is 8.20. The van der Waals surface area contributed by atoms with Crippen molar-refractivity contribution in [3.05, 3.63) is 76.8 Å². The second-order valence-electron chi connectivity index (χ2n) is 10.5. The molecule has 0 saturated heterocycles. The fraction of sp³-hybridized carbons (Fsp3) is 0.370. The van der Waals surface area contributed by atoms with Gasteiger partial charge in [0.05, 0.1) is 40.1 Å². The van der Waals surface area contributed by atoms with Crippen molar-refractivity contribution >= 4 is 34.5 Å². The van der Waals surface area contributed by atoms with Gasteiger partial charge in [0.15, 0.2) is 0 Å². The number of amides is 1. The Morgan fingerprint density at radius 3 is 2.35 bits per heavy atom. The second-order valence-corrected chi connectivity index (χ2v) is 11.3. The normalized spacial score (nSPS) is 13.5. The summed E-state index contributed by atoms with van der Waals surface area (Å²) >= 11 is 0.592. The van der Waals surface area contributed by atoms with Gasteiger partial charge in [-0.2, -0.15) is 13.2 Å². The molecule has 1 unspecified atom stereocenters. The molecule has 3 rings (SSSR count). The minimum Gasteiger partial charge on any atom is -0.463 e. The number of anilines is 2. The Morgan fingerprint density at radius 2 is 1.75 bits per heavy atom. The van der Waals surface area contributed by atoms with Crippen LogP contribution >= 0.6 is 11.9 Å². The fourth-order valence-electron chi connectivity index (χ4n) is 3.59. The van der Waals surface area contributed by atoms with E-state index in [0.29, 0.717) is 23.2 Å².